The molecule has 32 heavy (non-hydrogen) atoms. The zero-order valence-electron chi connectivity index (χ0n) is 19.3. The Kier molecular flexibility index (Phi) is 8.00. The molecule has 3 aromatic rings. The number of aryl methyl sites for hydroxylation is 1. The van der Waals surface area contributed by atoms with Gasteiger partial charge >= 0.3 is 5.97 Å². The fourth-order valence-corrected chi connectivity index (χ4v) is 3.87. The van der Waals surface area contributed by atoms with Crippen LogP contribution in [0.5, 0.6) is 0 Å². The van der Waals surface area contributed by atoms with Gasteiger partial charge in [0.15, 0.2) is 0 Å². The molecule has 0 radical (unpaired) electrons. The first-order valence-corrected chi connectivity index (χ1v) is 10.9. The summed E-state index contributed by atoms with van der Waals surface area (Å²) >= 11 is 0. The van der Waals surface area contributed by atoms with Crippen LogP contribution in [0.15, 0.2) is 37.2 Å². The molecule has 0 saturated carbocycles. The van der Waals surface area contributed by atoms with Crippen LogP contribution in [0.3, 0.4) is 0 Å². The highest BCUT2D eigenvalue weighted by atomic mass is 16.5. The van der Waals surface area contributed by atoms with Crippen molar-refractivity contribution in [3.05, 3.63) is 59.7 Å². The van der Waals surface area contributed by atoms with E-state index < -0.39 is 0 Å². The average Bonchev–Trinajstić information content (AvgIpc) is 3.21. The normalized spacial score (nSPS) is 11.0. The molecule has 0 N–H and O–H groups in total. The average molecular weight is 438 g/mol. The number of carbonyl (C=O) groups is 1. The van der Waals surface area contributed by atoms with Crippen molar-refractivity contribution in [1.29, 1.82) is 0 Å². The summed E-state index contributed by atoms with van der Waals surface area (Å²) in [6.07, 6.45) is 6.10. The minimum absolute atomic E-state index is 0.221. The molecule has 7 heteroatoms. The third-order valence-electron chi connectivity index (χ3n) is 5.41. The second kappa shape index (κ2) is 10.9. The molecule has 0 aromatic carbocycles. The predicted octanol–water partition coefficient (Wildman–Crippen LogP) is 4.61. The lowest BCUT2D eigenvalue weighted by molar-refractivity contribution is -0.140. The molecule has 0 unspecified atom stereocenters. The molecule has 0 amide bonds. The van der Waals surface area contributed by atoms with Crippen LogP contribution in [0.25, 0.3) is 22.4 Å². The summed E-state index contributed by atoms with van der Waals surface area (Å²) in [4.78, 5) is 16.2. The van der Waals surface area contributed by atoms with Crippen LogP contribution in [0.1, 0.15) is 49.2 Å². The van der Waals surface area contributed by atoms with E-state index in [9.17, 15) is 4.79 Å². The maximum absolute atomic E-state index is 11.7. The number of aromatic nitrogens is 3. The Morgan fingerprint density at radius 3 is 2.69 bits per heavy atom. The second-order valence-corrected chi connectivity index (χ2v) is 7.46. The molecule has 0 atom stereocenters. The molecular weight excluding hydrogens is 406 g/mol. The molecule has 0 aliphatic heterocycles. The maximum atomic E-state index is 11.7. The lowest BCUT2D eigenvalue weighted by Crippen LogP contribution is -2.10. The standard InChI is InChI=1S/C25H31N3O4/c1-6-20-11-12-23-25(19-13-18(14-26-15-19)17(3)32-7-2)21(9-8-10-24(29)31-5)22(16-30-4)27-28(20)23/h11-15H,3,6-10,16H2,1-2,4-5H3. The van der Waals surface area contributed by atoms with Gasteiger partial charge in [0, 0.05) is 48.3 Å². The number of esters is 1. The lowest BCUT2D eigenvalue weighted by atomic mass is 9.95. The van der Waals surface area contributed by atoms with Gasteiger partial charge in [0.25, 0.3) is 0 Å². The van der Waals surface area contributed by atoms with Gasteiger partial charge in [-0.05, 0) is 49.9 Å². The number of ether oxygens (including phenoxy) is 3. The minimum atomic E-state index is -0.221. The highest BCUT2D eigenvalue weighted by Crippen LogP contribution is 2.34. The van der Waals surface area contributed by atoms with Gasteiger partial charge in [0.2, 0.25) is 0 Å². The first-order chi connectivity index (χ1) is 15.5. The molecule has 7 nitrogen and oxygen atoms in total. The van der Waals surface area contributed by atoms with E-state index in [-0.39, 0.29) is 5.97 Å². The largest absolute Gasteiger partial charge is 0.494 e. The van der Waals surface area contributed by atoms with Gasteiger partial charge in [-0.25, -0.2) is 4.52 Å². The number of pyridine rings is 1. The van der Waals surface area contributed by atoms with Crippen LogP contribution in [0.4, 0.5) is 0 Å². The molecule has 3 aromatic heterocycles. The number of hydrogen-bond donors (Lipinski definition) is 0. The van der Waals surface area contributed by atoms with Crippen molar-refractivity contribution in [3.8, 4) is 11.1 Å². The molecule has 0 aliphatic rings. The molecule has 0 fully saturated rings. The van der Waals surface area contributed by atoms with Crippen molar-refractivity contribution < 1.29 is 19.0 Å². The third kappa shape index (κ3) is 4.99. The second-order valence-electron chi connectivity index (χ2n) is 7.46. The quantitative estimate of drug-likeness (QED) is 0.322. The van der Waals surface area contributed by atoms with Crippen molar-refractivity contribution in [2.24, 2.45) is 0 Å². The molecule has 3 rings (SSSR count). The molecule has 0 bridgehead atoms. The lowest BCUT2D eigenvalue weighted by Gasteiger charge is -2.18. The monoisotopic (exact) mass is 437 g/mol. The smallest absolute Gasteiger partial charge is 0.305 e. The van der Waals surface area contributed by atoms with Crippen molar-refractivity contribution in [1.82, 2.24) is 14.6 Å². The van der Waals surface area contributed by atoms with Gasteiger partial charge in [-0.1, -0.05) is 13.5 Å². The van der Waals surface area contributed by atoms with Crippen molar-refractivity contribution in [3.63, 3.8) is 0 Å². The first-order valence-electron chi connectivity index (χ1n) is 10.9. The van der Waals surface area contributed by atoms with Gasteiger partial charge in [-0.2, -0.15) is 5.10 Å². The third-order valence-corrected chi connectivity index (χ3v) is 5.41. The van der Waals surface area contributed by atoms with E-state index in [1.165, 1.54) is 7.11 Å². The zero-order valence-corrected chi connectivity index (χ0v) is 19.3. The number of rotatable bonds is 11. The Bertz CT molecular complexity index is 1100. The predicted molar refractivity (Wildman–Crippen MR) is 124 cm³/mol. The Morgan fingerprint density at radius 2 is 2.00 bits per heavy atom. The minimum Gasteiger partial charge on any atom is -0.494 e. The van der Waals surface area contributed by atoms with Crippen LogP contribution in [-0.4, -0.2) is 41.4 Å². The summed E-state index contributed by atoms with van der Waals surface area (Å²) in [5.41, 5.74) is 6.82. The fraction of sp³-hybridized carbons (Fsp3) is 0.400. The Morgan fingerprint density at radius 1 is 1.19 bits per heavy atom. The van der Waals surface area contributed by atoms with Crippen LogP contribution in [0.2, 0.25) is 0 Å². The number of hydrogen-bond acceptors (Lipinski definition) is 6. The summed E-state index contributed by atoms with van der Waals surface area (Å²) in [5, 5.41) is 4.90. The van der Waals surface area contributed by atoms with Gasteiger partial charge < -0.3 is 14.2 Å². The topological polar surface area (TPSA) is 75.0 Å². The van der Waals surface area contributed by atoms with Crippen molar-refractivity contribution >= 4 is 17.2 Å². The number of nitrogens with zero attached hydrogens (tertiary/aromatic N) is 3. The Labute approximate surface area is 189 Å². The van der Waals surface area contributed by atoms with Gasteiger partial charge in [0.1, 0.15) is 5.76 Å². The summed E-state index contributed by atoms with van der Waals surface area (Å²) in [6.45, 7) is 8.97. The summed E-state index contributed by atoms with van der Waals surface area (Å²) in [5.74, 6) is 0.363. The fourth-order valence-electron chi connectivity index (χ4n) is 3.87. The summed E-state index contributed by atoms with van der Waals surface area (Å²) in [6, 6.07) is 6.22. The van der Waals surface area contributed by atoms with Gasteiger partial charge in [-0.15, -0.1) is 0 Å². The maximum Gasteiger partial charge on any atom is 0.305 e. The molecule has 3 heterocycles. The van der Waals surface area contributed by atoms with Gasteiger partial charge in [-0.3, -0.25) is 9.78 Å². The van der Waals surface area contributed by atoms with E-state index in [4.69, 9.17) is 19.3 Å². The van der Waals surface area contributed by atoms with Crippen molar-refractivity contribution in [2.75, 3.05) is 20.8 Å². The SMILES string of the molecule is C=C(OCC)c1cncc(-c2c(CCCC(=O)OC)c(COC)nn3c(CC)ccc23)c1. The molecule has 0 aliphatic carbocycles. The van der Waals surface area contributed by atoms with Crippen molar-refractivity contribution in [2.45, 2.75) is 46.1 Å². The van der Waals surface area contributed by atoms with E-state index in [1.54, 1.807) is 13.3 Å². The first kappa shape index (κ1) is 23.5. The zero-order chi connectivity index (χ0) is 23.1. The van der Waals surface area contributed by atoms with Crippen LogP contribution >= 0.6 is 0 Å². The summed E-state index contributed by atoms with van der Waals surface area (Å²) < 4.78 is 17.9. The Hall–Kier alpha value is -3.19. The van der Waals surface area contributed by atoms with Crippen LogP contribution in [-0.2, 0) is 38.5 Å². The van der Waals surface area contributed by atoms with E-state index in [2.05, 4.69) is 30.6 Å². The molecule has 170 valence electrons. The highest BCUT2D eigenvalue weighted by molar-refractivity contribution is 5.84. The molecular formula is C25H31N3O4. The number of fused-ring (bicyclic) bond motifs is 1. The summed E-state index contributed by atoms with van der Waals surface area (Å²) in [7, 11) is 3.07. The molecule has 0 spiro atoms. The molecule has 0 saturated heterocycles. The van der Waals surface area contributed by atoms with E-state index in [0.29, 0.717) is 38.2 Å². The number of methoxy groups -OCH3 is 2. The van der Waals surface area contributed by atoms with Gasteiger partial charge in [0.05, 0.1) is 31.5 Å². The van der Waals surface area contributed by atoms with E-state index in [1.807, 2.05) is 23.7 Å². The number of carbonyl (C=O) groups excluding carboxylic acids is 1. The Balaban J connectivity index is 2.20. The van der Waals surface area contributed by atoms with Crippen LogP contribution < -0.4 is 0 Å². The van der Waals surface area contributed by atoms with E-state index in [0.717, 1.165) is 45.6 Å². The highest BCUT2D eigenvalue weighted by Gasteiger charge is 2.20. The van der Waals surface area contributed by atoms with Crippen LogP contribution in [0, 0.1) is 0 Å². The van der Waals surface area contributed by atoms with E-state index >= 15 is 0 Å².